The van der Waals surface area contributed by atoms with Gasteiger partial charge in [0.15, 0.2) is 0 Å². The highest BCUT2D eigenvalue weighted by Crippen LogP contribution is 2.20. The number of imidazole rings is 1. The number of unbranched alkanes of at least 4 members (excludes halogenated alkanes) is 1. The van der Waals surface area contributed by atoms with Gasteiger partial charge in [-0.3, -0.25) is 29.4 Å². The number of amides is 7. The van der Waals surface area contributed by atoms with E-state index >= 15 is 0 Å². The third-order valence-corrected chi connectivity index (χ3v) is 10.8. The predicted molar refractivity (Wildman–Crippen MR) is 241 cm³/mol. The number of para-hydroxylation sites is 1. The second-order valence-corrected chi connectivity index (χ2v) is 16.1. The standard InChI is InChI=1S/C43H53IN12O6/c1-26(51-41(60)37(20-29-22-49-34-12-6-5-11-32(29)34)53-40(59)33(46)21-31-23-48-25-50-31)39(58)55-56(24-28-14-16-30(44)17-15-28)43(62)54-36(19-27-9-3-2-4-10-27)42(61)52-35(38(47)57)13-7-8-18-45/h2-6,9-12,14-17,22-23,25-26,33,35-37,49H,7-8,13,18-21,24,45-46H2,1H3,(H2,47,57)(H,48,50)(H,51,60)(H,52,61)(H,53,59)(H,54,62)(H,55,58)/t26-,33-,35-,36+,37+/m0/s1. The van der Waals surface area contributed by atoms with Crippen LogP contribution in [-0.4, -0.2) is 92.3 Å². The number of benzene rings is 3. The molecule has 62 heavy (non-hydrogen) atoms. The van der Waals surface area contributed by atoms with E-state index in [-0.39, 0.29) is 32.2 Å². The number of hydrazine groups is 1. The van der Waals surface area contributed by atoms with Crippen molar-refractivity contribution >= 4 is 69.1 Å². The molecule has 19 heteroatoms. The van der Waals surface area contributed by atoms with E-state index in [4.69, 9.17) is 17.2 Å². The Balaban J connectivity index is 1.34. The van der Waals surface area contributed by atoms with Crippen molar-refractivity contribution in [2.24, 2.45) is 17.2 Å². The lowest BCUT2D eigenvalue weighted by molar-refractivity contribution is -0.133. The highest BCUT2D eigenvalue weighted by Gasteiger charge is 2.31. The number of hydrogen-bond donors (Lipinski definition) is 10. The maximum atomic E-state index is 14.2. The van der Waals surface area contributed by atoms with Crippen molar-refractivity contribution in [1.82, 2.24) is 46.7 Å². The van der Waals surface area contributed by atoms with Crippen molar-refractivity contribution in [1.29, 1.82) is 0 Å². The van der Waals surface area contributed by atoms with Gasteiger partial charge in [-0.05, 0) is 90.2 Å². The summed E-state index contributed by atoms with van der Waals surface area (Å²) in [5.41, 5.74) is 23.7. The molecule has 0 saturated carbocycles. The summed E-state index contributed by atoms with van der Waals surface area (Å²) in [6.07, 6.45) is 6.43. The Kier molecular flexibility index (Phi) is 17.4. The van der Waals surface area contributed by atoms with Crippen molar-refractivity contribution in [3.05, 3.63) is 124 Å². The number of fused-ring (bicyclic) bond motifs is 1. The molecule has 0 spiro atoms. The molecule has 0 fully saturated rings. The lowest BCUT2D eigenvalue weighted by Crippen LogP contribution is -2.60. The van der Waals surface area contributed by atoms with Crippen LogP contribution in [0.25, 0.3) is 10.9 Å². The molecular formula is C43H53IN12O6. The number of nitrogens with two attached hydrogens (primary N) is 3. The fourth-order valence-electron chi connectivity index (χ4n) is 6.61. The van der Waals surface area contributed by atoms with Crippen LogP contribution in [0.3, 0.4) is 0 Å². The van der Waals surface area contributed by atoms with Gasteiger partial charge in [-0.2, -0.15) is 0 Å². The summed E-state index contributed by atoms with van der Waals surface area (Å²) in [6, 6.07) is 17.2. The third kappa shape index (κ3) is 13.9. The smallest absolute Gasteiger partial charge is 0.337 e. The first-order valence-corrected chi connectivity index (χ1v) is 21.2. The second kappa shape index (κ2) is 23.0. The molecule has 13 N–H and O–H groups in total. The Labute approximate surface area is 372 Å². The van der Waals surface area contributed by atoms with Gasteiger partial charge in [-0.15, -0.1) is 0 Å². The summed E-state index contributed by atoms with van der Waals surface area (Å²) in [6.45, 7) is 1.70. The van der Waals surface area contributed by atoms with Gasteiger partial charge in [0.2, 0.25) is 23.6 Å². The van der Waals surface area contributed by atoms with Gasteiger partial charge in [0, 0.05) is 51.8 Å². The fraction of sp³-hybridized carbons (Fsp3) is 0.326. The average Bonchev–Trinajstić information content (AvgIpc) is 3.93. The van der Waals surface area contributed by atoms with Gasteiger partial charge in [-0.25, -0.2) is 14.8 Å². The molecule has 0 saturated heterocycles. The van der Waals surface area contributed by atoms with Gasteiger partial charge < -0.3 is 48.4 Å². The average molecular weight is 961 g/mol. The second-order valence-electron chi connectivity index (χ2n) is 14.9. The Hall–Kier alpha value is -6.32. The summed E-state index contributed by atoms with van der Waals surface area (Å²) in [7, 11) is 0. The van der Waals surface area contributed by atoms with Crippen LogP contribution in [0.5, 0.6) is 0 Å². The number of aromatic nitrogens is 3. The molecule has 0 radical (unpaired) electrons. The predicted octanol–water partition coefficient (Wildman–Crippen LogP) is 1.55. The molecule has 0 aliphatic heterocycles. The van der Waals surface area contributed by atoms with Crippen LogP contribution in [0, 0.1) is 3.57 Å². The topological polar surface area (TPSA) is 288 Å². The molecule has 5 aromatic rings. The SMILES string of the molecule is C[C@H](NC(=O)[C@@H](Cc1c[nH]c2ccccc12)NC(=O)[C@@H](N)Cc1cnc[nH]1)C(=O)NN(Cc1ccc(I)cc1)C(=O)N[C@H](Cc1ccccc1)C(=O)N[C@@H](CCCCN)C(N)=O. The lowest BCUT2D eigenvalue weighted by atomic mass is 10.0. The van der Waals surface area contributed by atoms with Gasteiger partial charge in [-0.1, -0.05) is 60.7 Å². The molecule has 5 rings (SSSR count). The molecule has 5 atom stereocenters. The quantitative estimate of drug-likeness (QED) is 0.0290. The number of rotatable bonds is 21. The summed E-state index contributed by atoms with van der Waals surface area (Å²) < 4.78 is 0.939. The van der Waals surface area contributed by atoms with E-state index in [0.29, 0.717) is 36.2 Å². The lowest BCUT2D eigenvalue weighted by Gasteiger charge is -2.29. The number of primary amides is 1. The zero-order valence-electron chi connectivity index (χ0n) is 34.2. The van der Waals surface area contributed by atoms with Crippen LogP contribution in [0.1, 0.15) is 48.6 Å². The molecule has 2 heterocycles. The molecule has 0 aliphatic carbocycles. The first kappa shape index (κ1) is 46.7. The van der Waals surface area contributed by atoms with E-state index in [1.807, 2.05) is 42.5 Å². The molecule has 328 valence electrons. The maximum Gasteiger partial charge on any atom is 0.337 e. The van der Waals surface area contributed by atoms with Gasteiger partial charge >= 0.3 is 6.03 Å². The van der Waals surface area contributed by atoms with Crippen LogP contribution in [0.2, 0.25) is 0 Å². The van der Waals surface area contributed by atoms with Gasteiger partial charge in [0.1, 0.15) is 24.2 Å². The first-order chi connectivity index (χ1) is 29.8. The maximum absolute atomic E-state index is 14.2. The van der Waals surface area contributed by atoms with Crippen LogP contribution in [-0.2, 0) is 49.8 Å². The molecule has 0 aliphatic rings. The van der Waals surface area contributed by atoms with Crippen LogP contribution in [0.15, 0.2) is 97.6 Å². The zero-order chi connectivity index (χ0) is 44.6. The third-order valence-electron chi connectivity index (χ3n) is 10.1. The number of carbonyl (C=O) groups is 6. The Morgan fingerprint density at radius 1 is 0.742 bits per heavy atom. The van der Waals surface area contributed by atoms with Crippen molar-refractivity contribution in [2.45, 2.75) is 82.2 Å². The minimum absolute atomic E-state index is 0.0412. The van der Waals surface area contributed by atoms with E-state index in [2.05, 4.69) is 64.2 Å². The zero-order valence-corrected chi connectivity index (χ0v) is 36.4. The number of carbonyl (C=O) groups excluding carboxylic acids is 6. The van der Waals surface area contributed by atoms with Gasteiger partial charge in [0.05, 0.1) is 18.9 Å². The summed E-state index contributed by atoms with van der Waals surface area (Å²) >= 11 is 2.15. The largest absolute Gasteiger partial charge is 0.368 e. The molecule has 7 amide bonds. The Morgan fingerprint density at radius 2 is 1.42 bits per heavy atom. The number of aromatic amines is 2. The minimum atomic E-state index is -1.23. The van der Waals surface area contributed by atoms with E-state index in [1.54, 1.807) is 48.8 Å². The summed E-state index contributed by atoms with van der Waals surface area (Å²) in [5, 5.41) is 12.7. The highest BCUT2D eigenvalue weighted by molar-refractivity contribution is 14.1. The summed E-state index contributed by atoms with van der Waals surface area (Å²) in [5.74, 6) is -3.44. The first-order valence-electron chi connectivity index (χ1n) is 20.2. The van der Waals surface area contributed by atoms with E-state index in [9.17, 15) is 28.8 Å². The molecule has 0 unspecified atom stereocenters. The minimum Gasteiger partial charge on any atom is -0.368 e. The monoisotopic (exact) mass is 960 g/mol. The van der Waals surface area contributed by atoms with Crippen molar-refractivity contribution < 1.29 is 28.8 Å². The van der Waals surface area contributed by atoms with Crippen molar-refractivity contribution in [2.75, 3.05) is 6.54 Å². The fourth-order valence-corrected chi connectivity index (χ4v) is 6.97. The number of nitrogens with one attached hydrogen (secondary N) is 7. The Morgan fingerprint density at radius 3 is 2.11 bits per heavy atom. The van der Waals surface area contributed by atoms with Crippen LogP contribution < -0.4 is 43.9 Å². The van der Waals surface area contributed by atoms with E-state index in [1.165, 1.54) is 13.3 Å². The number of nitrogens with zero attached hydrogens (tertiary/aromatic N) is 2. The van der Waals surface area contributed by atoms with Crippen LogP contribution in [0.4, 0.5) is 4.79 Å². The molecule has 3 aromatic carbocycles. The van der Waals surface area contributed by atoms with Gasteiger partial charge in [0.25, 0.3) is 5.91 Å². The Bertz CT molecular complexity index is 2270. The highest BCUT2D eigenvalue weighted by atomic mass is 127. The van der Waals surface area contributed by atoms with E-state index in [0.717, 1.165) is 25.0 Å². The number of halogens is 1. The molecular weight excluding hydrogens is 907 g/mol. The number of urea groups is 1. The van der Waals surface area contributed by atoms with Crippen molar-refractivity contribution in [3.63, 3.8) is 0 Å². The summed E-state index contributed by atoms with van der Waals surface area (Å²) in [4.78, 5) is 91.6. The normalized spacial score (nSPS) is 13.5. The molecule has 2 aromatic heterocycles. The van der Waals surface area contributed by atoms with Crippen LogP contribution >= 0.6 is 22.6 Å². The number of H-pyrrole nitrogens is 2. The van der Waals surface area contributed by atoms with Crippen molar-refractivity contribution in [3.8, 4) is 0 Å². The molecule has 0 bridgehead atoms. The van der Waals surface area contributed by atoms with E-state index < -0.39 is 65.8 Å². The molecule has 18 nitrogen and oxygen atoms in total. The number of hydrogen-bond acceptors (Lipinski definition) is 9.